The monoisotopic (exact) mass is 265 g/mol. The molecular weight excluding hydrogens is 254 g/mol. The first kappa shape index (κ1) is 12.2. The third-order valence-electron chi connectivity index (χ3n) is 2.22. The molecule has 2 aromatic heterocycles. The molecule has 0 atom stereocenters. The van der Waals surface area contributed by atoms with E-state index < -0.39 is 0 Å². The Morgan fingerprint density at radius 1 is 1.53 bits per heavy atom. The summed E-state index contributed by atoms with van der Waals surface area (Å²) in [6.45, 7) is 8.94. The minimum atomic E-state index is 0.483. The Balaban J connectivity index is 2.23. The van der Waals surface area contributed by atoms with E-state index in [0.29, 0.717) is 17.5 Å². The zero-order valence-corrected chi connectivity index (χ0v) is 10.8. The normalized spacial score (nSPS) is 10.6. The van der Waals surface area contributed by atoms with Gasteiger partial charge in [-0.05, 0) is 11.4 Å². The molecule has 0 amide bonds. The van der Waals surface area contributed by atoms with Crippen LogP contribution in [0.2, 0.25) is 5.15 Å². The molecule has 0 saturated heterocycles. The molecule has 0 aromatic carbocycles. The van der Waals surface area contributed by atoms with Crippen LogP contribution in [0.4, 0.5) is 0 Å². The molecule has 0 aliphatic carbocycles. The van der Waals surface area contributed by atoms with Gasteiger partial charge in [0.25, 0.3) is 0 Å². The van der Waals surface area contributed by atoms with E-state index in [4.69, 9.17) is 11.6 Å². The summed E-state index contributed by atoms with van der Waals surface area (Å²) < 4.78 is 0. The summed E-state index contributed by atoms with van der Waals surface area (Å²) in [7, 11) is 0. The van der Waals surface area contributed by atoms with Crippen LogP contribution in [-0.4, -0.2) is 23.1 Å². The number of thiophene rings is 1. The number of nitrogens with one attached hydrogen (secondary N) is 1. The van der Waals surface area contributed by atoms with Crippen molar-refractivity contribution in [2.45, 2.75) is 0 Å². The molecule has 3 nitrogen and oxygen atoms in total. The number of rotatable bonds is 5. The van der Waals surface area contributed by atoms with E-state index in [2.05, 4.69) is 28.4 Å². The fraction of sp³-hybridized carbons (Fsp3) is 0.167. The number of nitrogens with zero attached hydrogens (tertiary/aromatic N) is 2. The van der Waals surface area contributed by atoms with Crippen LogP contribution in [0.3, 0.4) is 0 Å². The van der Waals surface area contributed by atoms with E-state index in [-0.39, 0.29) is 0 Å². The van der Waals surface area contributed by atoms with Gasteiger partial charge in [0, 0.05) is 24.0 Å². The fourth-order valence-corrected chi connectivity index (χ4v) is 2.43. The number of hydrogen-bond donors (Lipinski definition) is 1. The third kappa shape index (κ3) is 2.72. The highest BCUT2D eigenvalue weighted by Crippen LogP contribution is 2.26. The van der Waals surface area contributed by atoms with Gasteiger partial charge in [-0.15, -0.1) is 17.9 Å². The van der Waals surface area contributed by atoms with E-state index in [1.165, 1.54) is 0 Å². The van der Waals surface area contributed by atoms with Gasteiger partial charge in [0.05, 0.1) is 0 Å². The Bertz CT molecular complexity index is 562. The second-order valence-corrected chi connectivity index (χ2v) is 4.75. The lowest BCUT2D eigenvalue weighted by Gasteiger charge is -2.05. The molecule has 0 fully saturated rings. The van der Waals surface area contributed by atoms with Gasteiger partial charge in [-0.2, -0.15) is 0 Å². The molecule has 0 saturated carbocycles. The molecule has 0 aliphatic heterocycles. The van der Waals surface area contributed by atoms with Crippen LogP contribution in [-0.2, 0) is 0 Å². The average Bonchev–Trinajstić information content (AvgIpc) is 2.77. The van der Waals surface area contributed by atoms with E-state index in [1.807, 2.05) is 11.4 Å². The van der Waals surface area contributed by atoms with Crippen LogP contribution in [0.1, 0.15) is 5.82 Å². The van der Waals surface area contributed by atoms with Crippen molar-refractivity contribution in [3.05, 3.63) is 41.7 Å². The van der Waals surface area contributed by atoms with Gasteiger partial charge in [-0.3, -0.25) is 0 Å². The molecule has 5 heteroatoms. The molecule has 2 aromatic rings. The smallest absolute Gasteiger partial charge is 0.159 e. The standard InChI is InChI=1S/C12H12ClN3S/c1-3-5-14-7-8(2)11-15-10(13)9-4-6-17-12(9)16-11/h3-4,6,14H,1-2,5,7H2. The summed E-state index contributed by atoms with van der Waals surface area (Å²) >= 11 is 7.63. The Hall–Kier alpha value is -1.23. The Morgan fingerprint density at radius 3 is 3.12 bits per heavy atom. The van der Waals surface area contributed by atoms with E-state index in [0.717, 1.165) is 22.3 Å². The topological polar surface area (TPSA) is 37.8 Å². The summed E-state index contributed by atoms with van der Waals surface area (Å²) in [5.74, 6) is 0.599. The lowest BCUT2D eigenvalue weighted by Crippen LogP contribution is -2.16. The van der Waals surface area contributed by atoms with Crippen LogP contribution in [0.25, 0.3) is 15.8 Å². The summed E-state index contributed by atoms with van der Waals surface area (Å²) in [6.07, 6.45) is 1.80. The molecule has 2 rings (SSSR count). The largest absolute Gasteiger partial charge is 0.309 e. The predicted octanol–water partition coefficient (Wildman–Crippen LogP) is 3.13. The quantitative estimate of drug-likeness (QED) is 0.513. The van der Waals surface area contributed by atoms with Crippen molar-refractivity contribution in [3.63, 3.8) is 0 Å². The van der Waals surface area contributed by atoms with Crippen LogP contribution < -0.4 is 5.32 Å². The van der Waals surface area contributed by atoms with Crippen LogP contribution in [0.15, 0.2) is 30.7 Å². The Morgan fingerprint density at radius 2 is 2.35 bits per heavy atom. The number of halogens is 1. The highest BCUT2D eigenvalue weighted by atomic mass is 35.5. The second-order valence-electron chi connectivity index (χ2n) is 3.50. The van der Waals surface area contributed by atoms with Crippen molar-refractivity contribution in [2.24, 2.45) is 0 Å². The summed E-state index contributed by atoms with van der Waals surface area (Å²) in [5, 5.41) is 6.49. The molecule has 1 N–H and O–H groups in total. The van der Waals surface area contributed by atoms with Crippen molar-refractivity contribution < 1.29 is 0 Å². The molecule has 0 unspecified atom stereocenters. The third-order valence-corrected chi connectivity index (χ3v) is 3.32. The second kappa shape index (κ2) is 5.40. The SMILES string of the molecule is C=CCNCC(=C)c1nc(Cl)c2ccsc2n1. The highest BCUT2D eigenvalue weighted by molar-refractivity contribution is 7.16. The van der Waals surface area contributed by atoms with Gasteiger partial charge < -0.3 is 5.32 Å². The highest BCUT2D eigenvalue weighted by Gasteiger charge is 2.09. The van der Waals surface area contributed by atoms with E-state index in [1.54, 1.807) is 17.4 Å². The maximum Gasteiger partial charge on any atom is 0.159 e. The fourth-order valence-electron chi connectivity index (χ4n) is 1.38. The number of fused-ring (bicyclic) bond motifs is 1. The first-order valence-electron chi connectivity index (χ1n) is 5.13. The molecular formula is C12H12ClN3S. The Labute approximate surface area is 109 Å². The van der Waals surface area contributed by atoms with Crippen molar-refractivity contribution in [2.75, 3.05) is 13.1 Å². The van der Waals surface area contributed by atoms with Gasteiger partial charge >= 0.3 is 0 Å². The number of aromatic nitrogens is 2. The maximum absolute atomic E-state index is 6.09. The van der Waals surface area contributed by atoms with Gasteiger partial charge in [0.1, 0.15) is 9.98 Å². The van der Waals surface area contributed by atoms with Crippen LogP contribution in [0, 0.1) is 0 Å². The maximum atomic E-state index is 6.09. The molecule has 17 heavy (non-hydrogen) atoms. The van der Waals surface area contributed by atoms with Crippen LogP contribution >= 0.6 is 22.9 Å². The summed E-state index contributed by atoms with van der Waals surface area (Å²) in [6, 6.07) is 1.92. The van der Waals surface area contributed by atoms with Crippen LogP contribution in [0.5, 0.6) is 0 Å². The first-order valence-corrected chi connectivity index (χ1v) is 6.38. The lowest BCUT2D eigenvalue weighted by atomic mass is 10.2. The molecule has 0 spiro atoms. The molecule has 0 radical (unpaired) electrons. The van der Waals surface area contributed by atoms with Crippen molar-refractivity contribution in [1.82, 2.24) is 15.3 Å². The van der Waals surface area contributed by atoms with Gasteiger partial charge in [0.2, 0.25) is 0 Å². The van der Waals surface area contributed by atoms with Crippen molar-refractivity contribution >= 4 is 38.7 Å². The number of hydrogen-bond acceptors (Lipinski definition) is 4. The van der Waals surface area contributed by atoms with E-state index >= 15 is 0 Å². The zero-order valence-electron chi connectivity index (χ0n) is 9.24. The van der Waals surface area contributed by atoms with Gasteiger partial charge in [-0.25, -0.2) is 9.97 Å². The van der Waals surface area contributed by atoms with Crippen molar-refractivity contribution in [1.29, 1.82) is 0 Å². The molecule has 0 aliphatic rings. The van der Waals surface area contributed by atoms with Gasteiger partial charge in [-0.1, -0.05) is 24.3 Å². The molecule has 88 valence electrons. The zero-order chi connectivity index (χ0) is 12.3. The molecule has 2 heterocycles. The first-order chi connectivity index (χ1) is 8.22. The lowest BCUT2D eigenvalue weighted by molar-refractivity contribution is 0.848. The van der Waals surface area contributed by atoms with Gasteiger partial charge in [0.15, 0.2) is 5.82 Å². The summed E-state index contributed by atoms with van der Waals surface area (Å²) in [5.41, 5.74) is 0.823. The minimum absolute atomic E-state index is 0.483. The Kier molecular flexibility index (Phi) is 3.89. The van der Waals surface area contributed by atoms with Crippen molar-refractivity contribution in [3.8, 4) is 0 Å². The molecule has 0 bridgehead atoms. The van der Waals surface area contributed by atoms with E-state index in [9.17, 15) is 0 Å². The minimum Gasteiger partial charge on any atom is -0.309 e. The summed E-state index contributed by atoms with van der Waals surface area (Å²) in [4.78, 5) is 9.57. The average molecular weight is 266 g/mol. The predicted molar refractivity (Wildman–Crippen MR) is 74.5 cm³/mol.